The maximum absolute atomic E-state index is 6.31. The van der Waals surface area contributed by atoms with E-state index < -0.39 is 5.60 Å². The zero-order chi connectivity index (χ0) is 13.6. The van der Waals surface area contributed by atoms with E-state index in [9.17, 15) is 0 Å². The van der Waals surface area contributed by atoms with Gasteiger partial charge in [-0.25, -0.2) is 0 Å². The van der Waals surface area contributed by atoms with Crippen LogP contribution in [0.4, 0.5) is 0 Å². The Kier molecular flexibility index (Phi) is 3.14. The molecule has 0 saturated heterocycles. The summed E-state index contributed by atoms with van der Waals surface area (Å²) in [6, 6.07) is 0.183. The highest BCUT2D eigenvalue weighted by molar-refractivity contribution is 5.12. The Morgan fingerprint density at radius 2 is 2.11 bits per heavy atom. The second-order valence-corrected chi connectivity index (χ2v) is 6.34. The van der Waals surface area contributed by atoms with Gasteiger partial charge >= 0.3 is 0 Å². The van der Waals surface area contributed by atoms with Crippen molar-refractivity contribution in [1.82, 2.24) is 10.1 Å². The maximum atomic E-state index is 6.31. The minimum Gasteiger partial charge on any atom is -0.368 e. The number of ether oxygens (including phenoxy) is 1. The van der Waals surface area contributed by atoms with Crippen molar-refractivity contribution in [3.8, 4) is 0 Å². The number of nitrogens with zero attached hydrogens (tertiary/aromatic N) is 2. The molecule has 2 N–H and O–H groups in total. The Bertz CT molecular complexity index is 455. The summed E-state index contributed by atoms with van der Waals surface area (Å²) < 4.78 is 11.1. The second kappa shape index (κ2) is 4.56. The minimum absolute atomic E-state index is 0.183. The molecule has 106 valence electrons. The number of hydrogen-bond donors (Lipinski definition) is 1. The molecule has 0 aliphatic heterocycles. The van der Waals surface area contributed by atoms with Crippen LogP contribution in [0.15, 0.2) is 4.52 Å². The molecule has 2 aliphatic rings. The molecule has 5 nitrogen and oxygen atoms in total. The standard InChI is InChI=1S/C14H23N3O2/c1-4-18-14(2,3)13-16-12(19-17-13)10-8-5-6-9(7-8)11(10)15/h8-11H,4-7,15H2,1-3H3. The molecular formula is C14H23N3O2. The van der Waals surface area contributed by atoms with E-state index in [0.29, 0.717) is 30.2 Å². The Hall–Kier alpha value is -0.940. The number of hydrogen-bond acceptors (Lipinski definition) is 5. The number of fused-ring (bicyclic) bond motifs is 2. The molecule has 0 amide bonds. The van der Waals surface area contributed by atoms with Crippen LogP contribution in [0.1, 0.15) is 57.7 Å². The van der Waals surface area contributed by atoms with Crippen molar-refractivity contribution in [3.05, 3.63) is 11.7 Å². The van der Waals surface area contributed by atoms with Crippen molar-refractivity contribution in [2.45, 2.75) is 57.6 Å². The number of nitrogens with two attached hydrogens (primary N) is 1. The molecule has 0 radical (unpaired) electrons. The lowest BCUT2D eigenvalue weighted by atomic mass is 9.85. The summed E-state index contributed by atoms with van der Waals surface area (Å²) >= 11 is 0. The van der Waals surface area contributed by atoms with Crippen LogP contribution in [0.25, 0.3) is 0 Å². The van der Waals surface area contributed by atoms with Gasteiger partial charge in [-0.05, 0) is 51.9 Å². The van der Waals surface area contributed by atoms with Gasteiger partial charge in [0.25, 0.3) is 0 Å². The normalized spacial score (nSPS) is 34.1. The fraction of sp³-hybridized carbons (Fsp3) is 0.857. The first-order valence-electron chi connectivity index (χ1n) is 7.26. The monoisotopic (exact) mass is 265 g/mol. The molecule has 2 fully saturated rings. The maximum Gasteiger partial charge on any atom is 0.231 e. The smallest absolute Gasteiger partial charge is 0.231 e. The van der Waals surface area contributed by atoms with Crippen LogP contribution in [0, 0.1) is 11.8 Å². The zero-order valence-corrected chi connectivity index (χ0v) is 11.9. The lowest BCUT2D eigenvalue weighted by Crippen LogP contribution is -2.34. The summed E-state index contributed by atoms with van der Waals surface area (Å²) in [6.45, 7) is 6.52. The van der Waals surface area contributed by atoms with Crippen LogP contribution in [0.2, 0.25) is 0 Å². The van der Waals surface area contributed by atoms with Gasteiger partial charge in [0.1, 0.15) is 5.60 Å². The van der Waals surface area contributed by atoms with Crippen molar-refractivity contribution in [2.75, 3.05) is 6.61 Å². The van der Waals surface area contributed by atoms with E-state index in [2.05, 4.69) is 10.1 Å². The highest BCUT2D eigenvalue weighted by Crippen LogP contribution is 2.51. The van der Waals surface area contributed by atoms with Crippen molar-refractivity contribution >= 4 is 0 Å². The molecule has 2 bridgehead atoms. The fourth-order valence-electron chi connectivity index (χ4n) is 3.74. The van der Waals surface area contributed by atoms with Crippen molar-refractivity contribution in [3.63, 3.8) is 0 Å². The third kappa shape index (κ3) is 2.09. The van der Waals surface area contributed by atoms with Gasteiger partial charge in [-0.1, -0.05) is 5.16 Å². The SMILES string of the molecule is CCOC(C)(C)c1noc(C2C3CCC(C3)C2N)n1. The number of aromatic nitrogens is 2. The first-order valence-corrected chi connectivity index (χ1v) is 7.26. The quantitative estimate of drug-likeness (QED) is 0.903. The first-order chi connectivity index (χ1) is 9.03. The third-order valence-electron chi connectivity index (χ3n) is 4.75. The molecule has 2 aliphatic carbocycles. The predicted molar refractivity (Wildman–Crippen MR) is 70.5 cm³/mol. The molecule has 5 heteroatoms. The topological polar surface area (TPSA) is 74.2 Å². The summed E-state index contributed by atoms with van der Waals surface area (Å²) in [4.78, 5) is 4.57. The molecular weight excluding hydrogens is 242 g/mol. The summed E-state index contributed by atoms with van der Waals surface area (Å²) in [5, 5.41) is 4.10. The molecule has 0 aromatic carbocycles. The van der Waals surface area contributed by atoms with Crippen LogP contribution < -0.4 is 5.73 Å². The molecule has 2 saturated carbocycles. The van der Waals surface area contributed by atoms with Crippen LogP contribution >= 0.6 is 0 Å². The molecule has 1 heterocycles. The van der Waals surface area contributed by atoms with E-state index in [1.807, 2.05) is 20.8 Å². The largest absolute Gasteiger partial charge is 0.368 e. The highest BCUT2D eigenvalue weighted by Gasteiger charge is 2.49. The Morgan fingerprint density at radius 1 is 1.37 bits per heavy atom. The second-order valence-electron chi connectivity index (χ2n) is 6.34. The van der Waals surface area contributed by atoms with E-state index in [1.54, 1.807) is 0 Å². The highest BCUT2D eigenvalue weighted by atomic mass is 16.5. The molecule has 1 aromatic heterocycles. The van der Waals surface area contributed by atoms with Crippen molar-refractivity contribution < 1.29 is 9.26 Å². The fourth-order valence-corrected chi connectivity index (χ4v) is 3.74. The van der Waals surface area contributed by atoms with Gasteiger partial charge in [0.2, 0.25) is 11.7 Å². The van der Waals surface area contributed by atoms with Gasteiger partial charge in [0.15, 0.2) is 0 Å². The van der Waals surface area contributed by atoms with Crippen molar-refractivity contribution in [1.29, 1.82) is 0 Å². The predicted octanol–water partition coefficient (Wildman–Crippen LogP) is 2.18. The van der Waals surface area contributed by atoms with Gasteiger partial charge in [-0.2, -0.15) is 4.98 Å². The van der Waals surface area contributed by atoms with Gasteiger partial charge in [-0.15, -0.1) is 0 Å². The average Bonchev–Trinajstić information content (AvgIpc) is 3.02. The summed E-state index contributed by atoms with van der Waals surface area (Å²) in [5.74, 6) is 2.85. The summed E-state index contributed by atoms with van der Waals surface area (Å²) in [5.41, 5.74) is 5.81. The first kappa shape index (κ1) is 13.1. The van der Waals surface area contributed by atoms with Gasteiger partial charge in [-0.3, -0.25) is 0 Å². The van der Waals surface area contributed by atoms with E-state index >= 15 is 0 Å². The summed E-state index contributed by atoms with van der Waals surface area (Å²) in [7, 11) is 0. The number of rotatable bonds is 4. The van der Waals surface area contributed by atoms with Crippen LogP contribution in [0.5, 0.6) is 0 Å². The van der Waals surface area contributed by atoms with Crippen LogP contribution in [-0.2, 0) is 10.3 Å². The van der Waals surface area contributed by atoms with Crippen LogP contribution in [-0.4, -0.2) is 22.8 Å². The lowest BCUT2D eigenvalue weighted by Gasteiger charge is -2.25. The lowest BCUT2D eigenvalue weighted by molar-refractivity contribution is -0.0221. The van der Waals surface area contributed by atoms with E-state index in [4.69, 9.17) is 15.0 Å². The van der Waals surface area contributed by atoms with E-state index in [-0.39, 0.29) is 12.0 Å². The zero-order valence-electron chi connectivity index (χ0n) is 11.9. The Labute approximate surface area is 113 Å². The molecule has 19 heavy (non-hydrogen) atoms. The molecule has 4 unspecified atom stereocenters. The van der Waals surface area contributed by atoms with Gasteiger partial charge < -0.3 is 15.0 Å². The van der Waals surface area contributed by atoms with Crippen LogP contribution in [0.3, 0.4) is 0 Å². The third-order valence-corrected chi connectivity index (χ3v) is 4.75. The molecule has 3 rings (SSSR count). The summed E-state index contributed by atoms with van der Waals surface area (Å²) in [6.07, 6.45) is 3.72. The van der Waals surface area contributed by atoms with Gasteiger partial charge in [0.05, 0.1) is 5.92 Å². The Balaban J connectivity index is 1.82. The molecule has 0 spiro atoms. The minimum atomic E-state index is -0.502. The molecule has 4 atom stereocenters. The average molecular weight is 265 g/mol. The molecule has 1 aromatic rings. The van der Waals surface area contributed by atoms with E-state index in [1.165, 1.54) is 19.3 Å². The van der Waals surface area contributed by atoms with Gasteiger partial charge in [0, 0.05) is 12.6 Å². The Morgan fingerprint density at radius 3 is 2.74 bits per heavy atom. The van der Waals surface area contributed by atoms with E-state index in [0.717, 1.165) is 0 Å². The van der Waals surface area contributed by atoms with Crippen molar-refractivity contribution in [2.24, 2.45) is 17.6 Å².